The van der Waals surface area contributed by atoms with Crippen molar-refractivity contribution in [3.63, 3.8) is 0 Å². The highest BCUT2D eigenvalue weighted by Crippen LogP contribution is 2.27. The highest BCUT2D eigenvalue weighted by molar-refractivity contribution is 7.88. The van der Waals surface area contributed by atoms with E-state index >= 15 is 0 Å². The molecule has 1 aliphatic rings. The number of nitrogens with zero attached hydrogens (tertiary/aromatic N) is 2. The molecule has 1 atom stereocenters. The molecule has 11 heteroatoms. The number of nitrogens with one attached hydrogen (secondary N) is 1. The minimum absolute atomic E-state index is 0.0708. The first-order valence-corrected chi connectivity index (χ1v) is 13.1. The minimum Gasteiger partial charge on any atom is -0.326 e. The fourth-order valence-corrected chi connectivity index (χ4v) is 6.63. The van der Waals surface area contributed by atoms with Crippen LogP contribution in [0.3, 0.4) is 0 Å². The van der Waals surface area contributed by atoms with Crippen molar-refractivity contribution in [1.82, 2.24) is 8.87 Å². The van der Waals surface area contributed by atoms with Gasteiger partial charge in [-0.05, 0) is 48.7 Å². The maximum Gasteiger partial charge on any atom is 0.307 e. The summed E-state index contributed by atoms with van der Waals surface area (Å²) in [5, 5.41) is 3.54. The molecular formula is C21H21Cl2N3O4S2. The second-order valence-corrected chi connectivity index (χ2v) is 11.6. The topological polar surface area (TPSA) is 88.5 Å². The Balaban J connectivity index is 1.45. The van der Waals surface area contributed by atoms with E-state index in [1.807, 2.05) is 0 Å². The molecule has 1 aromatic heterocycles. The molecule has 0 aliphatic carbocycles. The molecule has 1 N–H and O–H groups in total. The molecule has 0 saturated carbocycles. The summed E-state index contributed by atoms with van der Waals surface area (Å²) in [6, 6.07) is 10.0. The zero-order chi connectivity index (χ0) is 23.0. The summed E-state index contributed by atoms with van der Waals surface area (Å²) in [6.07, 6.45) is 1.20. The molecule has 0 bridgehead atoms. The Morgan fingerprint density at radius 2 is 1.97 bits per heavy atom. The van der Waals surface area contributed by atoms with E-state index in [0.29, 0.717) is 40.7 Å². The van der Waals surface area contributed by atoms with Crippen LogP contribution in [0.1, 0.15) is 18.4 Å². The predicted octanol–water partition coefficient (Wildman–Crippen LogP) is 4.09. The van der Waals surface area contributed by atoms with Gasteiger partial charge in [-0.2, -0.15) is 0 Å². The molecule has 7 nitrogen and oxygen atoms in total. The van der Waals surface area contributed by atoms with E-state index in [0.717, 1.165) is 21.6 Å². The monoisotopic (exact) mass is 513 g/mol. The Labute approximate surface area is 199 Å². The van der Waals surface area contributed by atoms with Gasteiger partial charge >= 0.3 is 4.87 Å². The lowest BCUT2D eigenvalue weighted by Gasteiger charge is -2.31. The van der Waals surface area contributed by atoms with E-state index in [-0.39, 0.29) is 23.1 Å². The number of benzene rings is 2. The van der Waals surface area contributed by atoms with E-state index in [1.165, 1.54) is 4.31 Å². The molecule has 4 rings (SSSR count). The van der Waals surface area contributed by atoms with Gasteiger partial charge in [-0.3, -0.25) is 9.59 Å². The zero-order valence-electron chi connectivity index (χ0n) is 17.2. The van der Waals surface area contributed by atoms with Crippen molar-refractivity contribution in [2.24, 2.45) is 13.0 Å². The molecular weight excluding hydrogens is 493 g/mol. The first kappa shape index (κ1) is 23.3. The van der Waals surface area contributed by atoms with Crippen LogP contribution in [-0.2, 0) is 27.6 Å². The third kappa shape index (κ3) is 4.87. The number of hydrogen-bond donors (Lipinski definition) is 1. The summed E-state index contributed by atoms with van der Waals surface area (Å²) >= 11 is 13.0. The Kier molecular flexibility index (Phi) is 6.65. The van der Waals surface area contributed by atoms with Gasteiger partial charge in [0.15, 0.2) is 0 Å². The largest absolute Gasteiger partial charge is 0.326 e. The van der Waals surface area contributed by atoms with Gasteiger partial charge in [-0.1, -0.05) is 40.6 Å². The molecule has 0 spiro atoms. The van der Waals surface area contributed by atoms with Gasteiger partial charge in [0.2, 0.25) is 15.9 Å². The van der Waals surface area contributed by atoms with Crippen molar-refractivity contribution in [3.05, 3.63) is 61.7 Å². The molecule has 1 fully saturated rings. The fraction of sp³-hybridized carbons (Fsp3) is 0.333. The number of halogens is 2. The minimum atomic E-state index is -3.62. The average Bonchev–Trinajstić information content (AvgIpc) is 3.03. The summed E-state index contributed by atoms with van der Waals surface area (Å²) in [7, 11) is -1.92. The molecule has 32 heavy (non-hydrogen) atoms. The quantitative estimate of drug-likeness (QED) is 0.556. The van der Waals surface area contributed by atoms with Gasteiger partial charge in [0.25, 0.3) is 0 Å². The van der Waals surface area contributed by atoms with E-state index in [4.69, 9.17) is 23.2 Å². The number of rotatable bonds is 5. The fourth-order valence-electron chi connectivity index (χ4n) is 3.80. The highest BCUT2D eigenvalue weighted by atomic mass is 35.5. The molecule has 170 valence electrons. The number of aromatic nitrogens is 1. The Morgan fingerprint density at radius 3 is 2.72 bits per heavy atom. The maximum atomic E-state index is 12.9. The SMILES string of the molecule is Cn1c(=O)sc2cc(NC(=O)[C@@H]3CCCN(S(=O)(=O)Cc4ccc(Cl)c(Cl)c4)C3)ccc21. The van der Waals surface area contributed by atoms with E-state index in [9.17, 15) is 18.0 Å². The third-order valence-corrected chi connectivity index (χ3v) is 9.09. The Morgan fingerprint density at radius 1 is 1.19 bits per heavy atom. The second-order valence-electron chi connectivity index (χ2n) is 7.80. The molecule has 2 heterocycles. The van der Waals surface area contributed by atoms with Crippen LogP contribution in [0.15, 0.2) is 41.2 Å². The van der Waals surface area contributed by atoms with Crippen molar-refractivity contribution >= 4 is 66.4 Å². The number of anilines is 1. The predicted molar refractivity (Wildman–Crippen MR) is 129 cm³/mol. The number of amides is 1. The van der Waals surface area contributed by atoms with E-state index in [1.54, 1.807) is 48.0 Å². The molecule has 1 amide bonds. The second kappa shape index (κ2) is 9.15. The number of piperidine rings is 1. The lowest BCUT2D eigenvalue weighted by Crippen LogP contribution is -2.44. The van der Waals surface area contributed by atoms with Gasteiger partial charge in [0.1, 0.15) is 0 Å². The number of fused-ring (bicyclic) bond motifs is 1. The number of carbonyl (C=O) groups is 1. The van der Waals surface area contributed by atoms with Crippen molar-refractivity contribution in [1.29, 1.82) is 0 Å². The average molecular weight is 514 g/mol. The van der Waals surface area contributed by atoms with Crippen LogP contribution in [0.2, 0.25) is 10.0 Å². The molecule has 3 aromatic rings. The molecule has 0 unspecified atom stereocenters. The van der Waals surface area contributed by atoms with Crippen LogP contribution in [-0.4, -0.2) is 36.3 Å². The van der Waals surface area contributed by atoms with Crippen molar-refractivity contribution < 1.29 is 13.2 Å². The van der Waals surface area contributed by atoms with E-state index in [2.05, 4.69) is 5.32 Å². The number of aryl methyl sites for hydroxylation is 1. The van der Waals surface area contributed by atoms with Crippen LogP contribution < -0.4 is 10.2 Å². The highest BCUT2D eigenvalue weighted by Gasteiger charge is 2.32. The zero-order valence-corrected chi connectivity index (χ0v) is 20.3. The van der Waals surface area contributed by atoms with Crippen LogP contribution in [0, 0.1) is 5.92 Å². The van der Waals surface area contributed by atoms with Crippen LogP contribution >= 0.6 is 34.5 Å². The molecule has 0 radical (unpaired) electrons. The summed E-state index contributed by atoms with van der Waals surface area (Å²) in [4.78, 5) is 24.6. The smallest absolute Gasteiger partial charge is 0.307 e. The normalized spacial score (nSPS) is 17.5. The Bertz CT molecular complexity index is 1350. The number of carbonyl (C=O) groups excluding carboxylic acids is 1. The van der Waals surface area contributed by atoms with Gasteiger partial charge in [0.05, 0.1) is 31.9 Å². The van der Waals surface area contributed by atoms with Crippen LogP contribution in [0.25, 0.3) is 10.2 Å². The lowest BCUT2D eigenvalue weighted by atomic mass is 9.98. The number of hydrogen-bond acceptors (Lipinski definition) is 5. The number of sulfonamides is 1. The van der Waals surface area contributed by atoms with E-state index < -0.39 is 15.9 Å². The van der Waals surface area contributed by atoms with Crippen molar-refractivity contribution in [3.8, 4) is 0 Å². The summed E-state index contributed by atoms with van der Waals surface area (Å²) in [5.41, 5.74) is 1.93. The first-order chi connectivity index (χ1) is 15.1. The van der Waals surface area contributed by atoms with Gasteiger partial charge in [0, 0.05) is 25.8 Å². The van der Waals surface area contributed by atoms with Gasteiger partial charge in [-0.25, -0.2) is 12.7 Å². The molecule has 2 aromatic carbocycles. The maximum absolute atomic E-state index is 12.9. The standard InChI is InChI=1S/C21H21Cl2N3O4S2/c1-25-18-7-5-15(10-19(18)31-21(25)28)24-20(27)14-3-2-8-26(11-14)32(29,30)12-13-4-6-16(22)17(23)9-13/h4-7,9-10,14H,2-3,8,11-12H2,1H3,(H,24,27)/t14-/m1/s1. The lowest BCUT2D eigenvalue weighted by molar-refractivity contribution is -0.120. The third-order valence-electron chi connectivity index (χ3n) is 5.54. The molecule has 1 saturated heterocycles. The number of thiazole rings is 1. The first-order valence-electron chi connectivity index (χ1n) is 9.96. The van der Waals surface area contributed by atoms with Gasteiger partial charge < -0.3 is 9.88 Å². The molecule has 1 aliphatic heterocycles. The van der Waals surface area contributed by atoms with Crippen molar-refractivity contribution in [2.75, 3.05) is 18.4 Å². The summed E-state index contributed by atoms with van der Waals surface area (Å²) in [6.45, 7) is 0.494. The van der Waals surface area contributed by atoms with Gasteiger partial charge in [-0.15, -0.1) is 0 Å². The van der Waals surface area contributed by atoms with Crippen molar-refractivity contribution in [2.45, 2.75) is 18.6 Å². The Hall–Kier alpha value is -1.91. The summed E-state index contributed by atoms with van der Waals surface area (Å²) < 4.78 is 29.6. The van der Waals surface area contributed by atoms with Crippen LogP contribution in [0.4, 0.5) is 5.69 Å². The van der Waals surface area contributed by atoms with Crippen LogP contribution in [0.5, 0.6) is 0 Å². The summed E-state index contributed by atoms with van der Waals surface area (Å²) in [5.74, 6) is -0.901.